The number of urea groups is 1. The van der Waals surface area contributed by atoms with Gasteiger partial charge in [-0.25, -0.2) is 4.79 Å². The Morgan fingerprint density at radius 3 is 2.87 bits per heavy atom. The number of ether oxygens (including phenoxy) is 1. The van der Waals surface area contributed by atoms with Crippen molar-refractivity contribution in [3.8, 4) is 0 Å². The molecule has 2 amide bonds. The zero-order chi connectivity index (χ0) is 16.7. The van der Waals surface area contributed by atoms with E-state index in [0.29, 0.717) is 12.4 Å². The van der Waals surface area contributed by atoms with E-state index < -0.39 is 10.8 Å². The molecule has 0 unspecified atom stereocenters. The number of anilines is 1. The first-order chi connectivity index (χ1) is 11.1. The summed E-state index contributed by atoms with van der Waals surface area (Å²) in [7, 11) is 0.850. The molecule has 0 heterocycles. The minimum Gasteiger partial charge on any atom is -0.380 e. The van der Waals surface area contributed by atoms with Crippen molar-refractivity contribution in [2.24, 2.45) is 0 Å². The van der Waals surface area contributed by atoms with Crippen LogP contribution in [0.25, 0.3) is 0 Å². The Bertz CT molecular complexity index is 550. The third kappa shape index (κ3) is 5.32. The molecule has 0 aromatic heterocycles. The van der Waals surface area contributed by atoms with Gasteiger partial charge in [-0.15, -0.1) is 0 Å². The Balaban J connectivity index is 1.91. The third-order valence-electron chi connectivity index (χ3n) is 4.18. The molecule has 23 heavy (non-hydrogen) atoms. The summed E-state index contributed by atoms with van der Waals surface area (Å²) < 4.78 is 17.1. The van der Waals surface area contributed by atoms with Gasteiger partial charge >= 0.3 is 6.03 Å². The van der Waals surface area contributed by atoms with Gasteiger partial charge in [0, 0.05) is 46.2 Å². The molecule has 0 radical (unpaired) electrons. The maximum absolute atomic E-state index is 12.2. The van der Waals surface area contributed by atoms with Crippen molar-refractivity contribution in [1.29, 1.82) is 0 Å². The summed E-state index contributed by atoms with van der Waals surface area (Å²) in [6.07, 6.45) is 3.76. The fourth-order valence-electron chi connectivity index (χ4n) is 3.02. The third-order valence-corrected chi connectivity index (χ3v) is 5.92. The Labute approximate surface area is 140 Å². The second-order valence-electron chi connectivity index (χ2n) is 5.84. The Morgan fingerprint density at radius 1 is 1.35 bits per heavy atom. The van der Waals surface area contributed by atoms with Gasteiger partial charge in [0.2, 0.25) is 0 Å². The Morgan fingerprint density at radius 2 is 2.13 bits per heavy atom. The topological polar surface area (TPSA) is 67.4 Å². The normalized spacial score (nSPS) is 22.3. The number of para-hydroxylation sites is 1. The van der Waals surface area contributed by atoms with E-state index in [-0.39, 0.29) is 17.3 Å². The Kier molecular flexibility index (Phi) is 7.05. The Hall–Kier alpha value is -1.40. The fourth-order valence-corrected chi connectivity index (χ4v) is 4.37. The van der Waals surface area contributed by atoms with Gasteiger partial charge in [-0.3, -0.25) is 4.21 Å². The number of rotatable bonds is 6. The van der Waals surface area contributed by atoms with Gasteiger partial charge in [0.1, 0.15) is 0 Å². The molecular formula is C17H26N2O3S. The largest absolute Gasteiger partial charge is 0.380 e. The van der Waals surface area contributed by atoms with Gasteiger partial charge in [0.05, 0.1) is 6.61 Å². The molecule has 1 aliphatic rings. The van der Waals surface area contributed by atoms with E-state index in [1.54, 1.807) is 7.11 Å². The smallest absolute Gasteiger partial charge is 0.319 e. The van der Waals surface area contributed by atoms with Gasteiger partial charge < -0.3 is 15.4 Å². The van der Waals surface area contributed by atoms with Gasteiger partial charge in [-0.05, 0) is 25.3 Å². The highest BCUT2D eigenvalue weighted by atomic mass is 32.2. The highest BCUT2D eigenvalue weighted by Crippen LogP contribution is 2.23. The molecule has 2 rings (SSSR count). The van der Waals surface area contributed by atoms with Crippen LogP contribution in [0, 0.1) is 0 Å². The first-order valence-electron chi connectivity index (χ1n) is 8.15. The molecule has 1 aliphatic carbocycles. The lowest BCUT2D eigenvalue weighted by molar-refractivity contribution is 0.185. The first-order valence-corrected chi connectivity index (χ1v) is 9.53. The maximum atomic E-state index is 12.2. The number of carbonyl (C=O) groups is 1. The quantitative estimate of drug-likeness (QED) is 0.838. The highest BCUT2D eigenvalue weighted by molar-refractivity contribution is 7.85. The zero-order valence-corrected chi connectivity index (χ0v) is 14.7. The summed E-state index contributed by atoms with van der Waals surface area (Å²) in [5.74, 6) is 0.688. The predicted octanol–water partition coefficient (Wildman–Crippen LogP) is 3.03. The first kappa shape index (κ1) is 17.9. The van der Waals surface area contributed by atoms with E-state index in [1.165, 1.54) is 0 Å². The number of hydrogen-bond donors (Lipinski definition) is 2. The summed E-state index contributed by atoms with van der Waals surface area (Å²) in [4.78, 5) is 12.2. The number of carbonyl (C=O) groups excluding carboxylic acids is 1. The van der Waals surface area contributed by atoms with Crippen molar-refractivity contribution < 1.29 is 13.7 Å². The van der Waals surface area contributed by atoms with E-state index in [2.05, 4.69) is 10.6 Å². The zero-order valence-electron chi connectivity index (χ0n) is 13.8. The number of methoxy groups -OCH3 is 1. The molecule has 0 saturated heterocycles. The van der Waals surface area contributed by atoms with Crippen LogP contribution in [0.1, 0.15) is 38.2 Å². The van der Waals surface area contributed by atoms with E-state index in [4.69, 9.17) is 4.74 Å². The van der Waals surface area contributed by atoms with E-state index in [1.807, 2.05) is 31.2 Å². The van der Waals surface area contributed by atoms with Crippen molar-refractivity contribution in [1.82, 2.24) is 5.32 Å². The number of nitrogens with one attached hydrogen (secondary N) is 2. The van der Waals surface area contributed by atoms with Crippen molar-refractivity contribution in [3.05, 3.63) is 29.8 Å². The molecule has 1 aromatic carbocycles. The van der Waals surface area contributed by atoms with Crippen molar-refractivity contribution >= 4 is 22.5 Å². The summed E-state index contributed by atoms with van der Waals surface area (Å²) in [6, 6.07) is 7.49. The van der Waals surface area contributed by atoms with E-state index >= 15 is 0 Å². The molecule has 128 valence electrons. The van der Waals surface area contributed by atoms with Crippen LogP contribution in [0.2, 0.25) is 0 Å². The second kappa shape index (κ2) is 9.03. The second-order valence-corrected chi connectivity index (χ2v) is 7.85. The highest BCUT2D eigenvalue weighted by Gasteiger charge is 2.26. The van der Waals surface area contributed by atoms with Crippen LogP contribution in [0.4, 0.5) is 10.5 Å². The van der Waals surface area contributed by atoms with Crippen molar-refractivity contribution in [2.45, 2.75) is 50.5 Å². The lowest BCUT2D eigenvalue weighted by Crippen LogP contribution is -2.43. The molecular weight excluding hydrogens is 312 g/mol. The molecule has 6 heteroatoms. The molecule has 5 nitrogen and oxygen atoms in total. The summed E-state index contributed by atoms with van der Waals surface area (Å²) in [6.45, 7) is 2.41. The van der Waals surface area contributed by atoms with Crippen molar-refractivity contribution in [3.63, 3.8) is 0 Å². The molecule has 1 saturated carbocycles. The molecule has 0 bridgehead atoms. The van der Waals surface area contributed by atoms with Crippen LogP contribution < -0.4 is 10.6 Å². The minimum absolute atomic E-state index is 0.0961. The number of amides is 2. The van der Waals surface area contributed by atoms with E-state index in [9.17, 15) is 9.00 Å². The average Bonchev–Trinajstić information content (AvgIpc) is 2.56. The summed E-state index contributed by atoms with van der Waals surface area (Å²) in [5.41, 5.74) is 1.70. The molecule has 3 atom stereocenters. The average molecular weight is 338 g/mol. The number of benzene rings is 1. The van der Waals surface area contributed by atoms with Crippen LogP contribution in [0.3, 0.4) is 0 Å². The van der Waals surface area contributed by atoms with Crippen LogP contribution in [0.5, 0.6) is 0 Å². The van der Waals surface area contributed by atoms with Crippen LogP contribution in [0.15, 0.2) is 24.3 Å². The fraction of sp³-hybridized carbons (Fsp3) is 0.588. The van der Waals surface area contributed by atoms with Crippen LogP contribution >= 0.6 is 0 Å². The minimum atomic E-state index is -0.781. The van der Waals surface area contributed by atoms with E-state index in [0.717, 1.165) is 36.9 Å². The van der Waals surface area contributed by atoms with Crippen LogP contribution in [-0.4, -0.2) is 34.4 Å². The van der Waals surface area contributed by atoms with Crippen molar-refractivity contribution in [2.75, 3.05) is 18.2 Å². The summed E-state index contributed by atoms with van der Waals surface area (Å²) >= 11 is 0. The predicted molar refractivity (Wildman–Crippen MR) is 94.0 cm³/mol. The van der Waals surface area contributed by atoms with Gasteiger partial charge in [0.25, 0.3) is 0 Å². The molecule has 2 N–H and O–H groups in total. The van der Waals surface area contributed by atoms with Gasteiger partial charge in [0.15, 0.2) is 0 Å². The maximum Gasteiger partial charge on any atom is 0.319 e. The molecule has 0 aliphatic heterocycles. The number of hydrogen-bond acceptors (Lipinski definition) is 3. The monoisotopic (exact) mass is 338 g/mol. The lowest BCUT2D eigenvalue weighted by atomic mass is 9.95. The van der Waals surface area contributed by atoms with Gasteiger partial charge in [-0.1, -0.05) is 31.5 Å². The molecule has 0 spiro atoms. The summed E-state index contributed by atoms with van der Waals surface area (Å²) in [5, 5.41) is 6.12. The SMILES string of the molecule is CC[S@@](=O)[C@H]1CCC[C@H](NC(=O)Nc2ccccc2COC)C1. The van der Waals surface area contributed by atoms with Gasteiger partial charge in [-0.2, -0.15) is 0 Å². The molecule has 1 fully saturated rings. The standard InChI is InChI=1S/C17H26N2O3S/c1-3-23(21)15-9-6-8-14(11-15)18-17(20)19-16-10-5-4-7-13(16)12-22-2/h4-5,7,10,14-15H,3,6,8-9,11-12H2,1-2H3,(H2,18,19,20)/t14-,15-,23+/m0/s1. The molecule has 1 aromatic rings. The van der Waals surface area contributed by atoms with Crippen LogP contribution in [-0.2, 0) is 22.1 Å². The lowest BCUT2D eigenvalue weighted by Gasteiger charge is -2.29.